The third-order valence-corrected chi connectivity index (χ3v) is 9.01. The predicted octanol–water partition coefficient (Wildman–Crippen LogP) is 11.5. The van der Waals surface area contributed by atoms with Gasteiger partial charge in [-0.15, -0.1) is 0 Å². The van der Waals surface area contributed by atoms with Crippen LogP contribution in [0.3, 0.4) is 0 Å². The molecule has 210 valence electrons. The lowest BCUT2D eigenvalue weighted by molar-refractivity contribution is 1.19. The maximum Gasteiger partial charge on any atom is 0.145 e. The minimum absolute atomic E-state index is 0.962. The molecule has 0 radical (unpaired) electrons. The number of hydrogen-bond donors (Lipinski definition) is 0. The van der Waals surface area contributed by atoms with Crippen molar-refractivity contribution < 1.29 is 0 Å². The lowest BCUT2D eigenvalue weighted by Crippen LogP contribution is -1.91. The van der Waals surface area contributed by atoms with Crippen LogP contribution in [0.2, 0.25) is 0 Å². The minimum Gasteiger partial charge on any atom is -0.306 e. The smallest absolute Gasteiger partial charge is 0.145 e. The van der Waals surface area contributed by atoms with Gasteiger partial charge in [-0.1, -0.05) is 140 Å². The number of aromatic nitrogens is 2. The molecule has 0 amide bonds. The molecular formula is C43H28N2. The molecule has 0 aliphatic rings. The highest BCUT2D eigenvalue weighted by Gasteiger charge is 2.17. The van der Waals surface area contributed by atoms with Crippen molar-refractivity contribution in [3.8, 4) is 44.6 Å². The van der Waals surface area contributed by atoms with Gasteiger partial charge in [0, 0.05) is 23.5 Å². The number of imidazole rings is 1. The van der Waals surface area contributed by atoms with Crippen molar-refractivity contribution in [3.05, 3.63) is 170 Å². The lowest BCUT2D eigenvalue weighted by atomic mass is 9.85. The Hall–Kier alpha value is -5.99. The van der Waals surface area contributed by atoms with Crippen LogP contribution in [-0.2, 0) is 0 Å². The van der Waals surface area contributed by atoms with Gasteiger partial charge in [0.2, 0.25) is 0 Å². The van der Waals surface area contributed by atoms with Crippen LogP contribution in [0, 0.1) is 0 Å². The second-order valence-electron chi connectivity index (χ2n) is 11.6. The Morgan fingerprint density at radius 2 is 0.956 bits per heavy atom. The Morgan fingerprint density at radius 1 is 0.400 bits per heavy atom. The molecule has 7 aromatic carbocycles. The molecule has 9 rings (SSSR count). The summed E-state index contributed by atoms with van der Waals surface area (Å²) in [7, 11) is 0. The maximum absolute atomic E-state index is 5.09. The van der Waals surface area contributed by atoms with Crippen LogP contribution in [-0.4, -0.2) is 9.38 Å². The zero-order chi connectivity index (χ0) is 29.7. The number of pyridine rings is 1. The van der Waals surface area contributed by atoms with Gasteiger partial charge in [0.15, 0.2) is 0 Å². The van der Waals surface area contributed by atoms with E-state index in [9.17, 15) is 0 Å². The molecule has 0 saturated carbocycles. The first kappa shape index (κ1) is 25.5. The third-order valence-electron chi connectivity index (χ3n) is 9.01. The minimum atomic E-state index is 0.962. The highest BCUT2D eigenvalue weighted by molar-refractivity contribution is 6.21. The zero-order valence-electron chi connectivity index (χ0n) is 24.6. The summed E-state index contributed by atoms with van der Waals surface area (Å²) in [6.45, 7) is 0. The van der Waals surface area contributed by atoms with Crippen molar-refractivity contribution in [2.24, 2.45) is 0 Å². The lowest BCUT2D eigenvalue weighted by Gasteiger charge is -2.18. The van der Waals surface area contributed by atoms with E-state index in [-0.39, 0.29) is 0 Å². The number of hydrogen-bond acceptors (Lipinski definition) is 1. The molecule has 2 aromatic heterocycles. The molecule has 0 unspecified atom stereocenters. The van der Waals surface area contributed by atoms with Gasteiger partial charge in [-0.3, -0.25) is 0 Å². The van der Waals surface area contributed by atoms with E-state index in [1.807, 2.05) is 6.07 Å². The highest BCUT2D eigenvalue weighted by Crippen LogP contribution is 2.44. The Labute approximate surface area is 261 Å². The molecule has 0 atom stereocenters. The molecule has 2 heteroatoms. The van der Waals surface area contributed by atoms with Crippen molar-refractivity contribution in [2.45, 2.75) is 0 Å². The maximum atomic E-state index is 5.09. The summed E-state index contributed by atoms with van der Waals surface area (Å²) in [6, 6.07) is 56.7. The topological polar surface area (TPSA) is 17.3 Å². The largest absolute Gasteiger partial charge is 0.306 e. The van der Waals surface area contributed by atoms with Gasteiger partial charge >= 0.3 is 0 Å². The number of benzene rings is 7. The van der Waals surface area contributed by atoms with Gasteiger partial charge in [-0.25, -0.2) is 4.98 Å². The SMILES string of the molecule is c1ccc(-c2cccn3cc(-c4ccc(-c5c6ccccc6c(-c6ccc7ccccc7c6)c6ccccc56)cc4)nc23)cc1. The Kier molecular flexibility index (Phi) is 5.85. The monoisotopic (exact) mass is 572 g/mol. The van der Waals surface area contributed by atoms with Gasteiger partial charge in [0.1, 0.15) is 5.65 Å². The summed E-state index contributed by atoms with van der Waals surface area (Å²) in [4.78, 5) is 5.09. The average molecular weight is 573 g/mol. The van der Waals surface area contributed by atoms with Crippen LogP contribution in [0.1, 0.15) is 0 Å². The van der Waals surface area contributed by atoms with Crippen LogP contribution in [0.15, 0.2) is 170 Å². The van der Waals surface area contributed by atoms with Crippen LogP contribution in [0.5, 0.6) is 0 Å². The summed E-state index contributed by atoms with van der Waals surface area (Å²) in [5.41, 5.74) is 10.3. The Bertz CT molecular complexity index is 2470. The first-order valence-electron chi connectivity index (χ1n) is 15.4. The first-order valence-corrected chi connectivity index (χ1v) is 15.4. The molecule has 0 fully saturated rings. The average Bonchev–Trinajstić information content (AvgIpc) is 3.56. The fourth-order valence-electron chi connectivity index (χ4n) is 6.90. The van der Waals surface area contributed by atoms with Crippen molar-refractivity contribution in [1.29, 1.82) is 0 Å². The molecule has 0 aliphatic heterocycles. The summed E-state index contributed by atoms with van der Waals surface area (Å²) >= 11 is 0. The van der Waals surface area contributed by atoms with Gasteiger partial charge in [0.05, 0.1) is 5.69 Å². The molecule has 0 N–H and O–H groups in total. The summed E-state index contributed by atoms with van der Waals surface area (Å²) in [5, 5.41) is 7.55. The molecule has 0 saturated heterocycles. The van der Waals surface area contributed by atoms with Crippen LogP contribution < -0.4 is 0 Å². The number of nitrogens with zero attached hydrogens (tertiary/aromatic N) is 2. The molecule has 0 bridgehead atoms. The van der Waals surface area contributed by atoms with E-state index in [1.165, 1.54) is 60.1 Å². The van der Waals surface area contributed by atoms with Crippen LogP contribution >= 0.6 is 0 Å². The zero-order valence-corrected chi connectivity index (χ0v) is 24.6. The summed E-state index contributed by atoms with van der Waals surface area (Å²) in [5.74, 6) is 0. The van der Waals surface area contributed by atoms with Crippen molar-refractivity contribution >= 4 is 38.0 Å². The standard InChI is InChI=1S/C43H28N2/c1-2-12-30(13-3-1)35-19-10-26-45-28-40(44-43(35)45)31-21-23-32(24-22-31)41-36-15-6-8-17-38(36)42(39-18-9-7-16-37(39)41)34-25-20-29-11-4-5-14-33(29)27-34/h1-28H. The fraction of sp³-hybridized carbons (Fsp3) is 0. The van der Waals surface area contributed by atoms with Gasteiger partial charge in [-0.05, 0) is 78.3 Å². The van der Waals surface area contributed by atoms with E-state index >= 15 is 0 Å². The van der Waals surface area contributed by atoms with E-state index in [0.29, 0.717) is 0 Å². The molecule has 0 spiro atoms. The third kappa shape index (κ3) is 4.22. The number of rotatable bonds is 4. The van der Waals surface area contributed by atoms with Gasteiger partial charge in [-0.2, -0.15) is 0 Å². The van der Waals surface area contributed by atoms with Crippen molar-refractivity contribution in [1.82, 2.24) is 9.38 Å². The normalized spacial score (nSPS) is 11.6. The van der Waals surface area contributed by atoms with E-state index in [0.717, 1.165) is 22.5 Å². The summed E-state index contributed by atoms with van der Waals surface area (Å²) < 4.78 is 2.12. The molecule has 2 nitrogen and oxygen atoms in total. The Balaban J connectivity index is 1.20. The van der Waals surface area contributed by atoms with Crippen molar-refractivity contribution in [3.63, 3.8) is 0 Å². The second-order valence-corrected chi connectivity index (χ2v) is 11.6. The molecule has 45 heavy (non-hydrogen) atoms. The van der Waals surface area contributed by atoms with E-state index in [1.54, 1.807) is 0 Å². The van der Waals surface area contributed by atoms with Crippen LogP contribution in [0.4, 0.5) is 0 Å². The number of fused-ring (bicyclic) bond motifs is 4. The fourth-order valence-corrected chi connectivity index (χ4v) is 6.90. The van der Waals surface area contributed by atoms with E-state index in [2.05, 4.69) is 168 Å². The summed E-state index contributed by atoms with van der Waals surface area (Å²) in [6.07, 6.45) is 4.20. The first-order chi connectivity index (χ1) is 22.3. The predicted molar refractivity (Wildman–Crippen MR) is 189 cm³/mol. The second kappa shape index (κ2) is 10.3. The molecule has 2 heterocycles. The van der Waals surface area contributed by atoms with E-state index < -0.39 is 0 Å². The van der Waals surface area contributed by atoms with Gasteiger partial charge in [0.25, 0.3) is 0 Å². The molecular weight excluding hydrogens is 544 g/mol. The quantitative estimate of drug-likeness (QED) is 0.192. The molecule has 9 aromatic rings. The van der Waals surface area contributed by atoms with Gasteiger partial charge < -0.3 is 4.40 Å². The highest BCUT2D eigenvalue weighted by atomic mass is 15.0. The van der Waals surface area contributed by atoms with E-state index in [4.69, 9.17) is 4.98 Å². The van der Waals surface area contributed by atoms with Crippen molar-refractivity contribution in [2.75, 3.05) is 0 Å². The molecule has 0 aliphatic carbocycles. The van der Waals surface area contributed by atoms with Crippen LogP contribution in [0.25, 0.3) is 82.6 Å². The Morgan fingerprint density at radius 3 is 1.64 bits per heavy atom.